The highest BCUT2D eigenvalue weighted by atomic mass is 79.9. The molecule has 1 aromatic carbocycles. The molecule has 0 saturated heterocycles. The summed E-state index contributed by atoms with van der Waals surface area (Å²) in [6, 6.07) is 5.68. The molecule has 8 heteroatoms. The number of rotatable bonds is 2. The standard InChI is InChI=1S/C13H10BrF3N4/c1-20-11-3-2-9(14)4-10(11)12(19-20)8-5-18-21(6-8)7-13(15,16)17/h2-6H,7H2,1H3. The second kappa shape index (κ2) is 4.87. The first-order valence-electron chi connectivity index (χ1n) is 6.05. The maximum atomic E-state index is 12.4. The normalized spacial score (nSPS) is 12.2. The number of benzene rings is 1. The highest BCUT2D eigenvalue weighted by Crippen LogP contribution is 2.30. The summed E-state index contributed by atoms with van der Waals surface area (Å²) in [6.45, 7) is -1.11. The fourth-order valence-electron chi connectivity index (χ4n) is 2.21. The summed E-state index contributed by atoms with van der Waals surface area (Å²) in [5.41, 5.74) is 2.07. The first-order valence-corrected chi connectivity index (χ1v) is 6.84. The van der Waals surface area contributed by atoms with E-state index >= 15 is 0 Å². The molecule has 0 radical (unpaired) electrons. The molecule has 0 fully saturated rings. The van der Waals surface area contributed by atoms with Crippen molar-refractivity contribution < 1.29 is 13.2 Å². The zero-order chi connectivity index (χ0) is 15.2. The van der Waals surface area contributed by atoms with E-state index in [1.54, 1.807) is 11.7 Å². The molecule has 0 spiro atoms. The van der Waals surface area contributed by atoms with Crippen molar-refractivity contribution in [3.05, 3.63) is 35.1 Å². The van der Waals surface area contributed by atoms with E-state index in [1.807, 2.05) is 18.2 Å². The van der Waals surface area contributed by atoms with Gasteiger partial charge in [-0.2, -0.15) is 23.4 Å². The van der Waals surface area contributed by atoms with Gasteiger partial charge in [0.15, 0.2) is 0 Å². The van der Waals surface area contributed by atoms with Gasteiger partial charge in [-0.1, -0.05) is 15.9 Å². The van der Waals surface area contributed by atoms with Crippen molar-refractivity contribution >= 4 is 26.8 Å². The van der Waals surface area contributed by atoms with Crippen molar-refractivity contribution in [2.75, 3.05) is 0 Å². The van der Waals surface area contributed by atoms with Crippen LogP contribution in [0.15, 0.2) is 35.1 Å². The van der Waals surface area contributed by atoms with E-state index in [9.17, 15) is 13.2 Å². The van der Waals surface area contributed by atoms with Gasteiger partial charge in [0.05, 0.1) is 11.7 Å². The van der Waals surface area contributed by atoms with Gasteiger partial charge in [-0.05, 0) is 18.2 Å². The average molecular weight is 359 g/mol. The van der Waals surface area contributed by atoms with Crippen LogP contribution in [0.1, 0.15) is 0 Å². The third-order valence-corrected chi connectivity index (χ3v) is 3.55. The number of aryl methyl sites for hydroxylation is 1. The van der Waals surface area contributed by atoms with E-state index < -0.39 is 12.7 Å². The van der Waals surface area contributed by atoms with Gasteiger partial charge in [0.2, 0.25) is 0 Å². The van der Waals surface area contributed by atoms with Crippen LogP contribution in [0.2, 0.25) is 0 Å². The Balaban J connectivity index is 2.07. The van der Waals surface area contributed by atoms with Crippen LogP contribution in [0.4, 0.5) is 13.2 Å². The second-order valence-electron chi connectivity index (χ2n) is 4.68. The molecule has 4 nitrogen and oxygen atoms in total. The Bertz CT molecular complexity index is 803. The summed E-state index contributed by atoms with van der Waals surface area (Å²) >= 11 is 3.39. The molecular weight excluding hydrogens is 349 g/mol. The molecule has 2 heterocycles. The predicted octanol–water partition coefficient (Wildman–Crippen LogP) is 3.76. The average Bonchev–Trinajstić information content (AvgIpc) is 2.92. The topological polar surface area (TPSA) is 35.6 Å². The Morgan fingerprint density at radius 1 is 1.29 bits per heavy atom. The van der Waals surface area contributed by atoms with Crippen molar-refractivity contribution in [1.82, 2.24) is 19.6 Å². The van der Waals surface area contributed by atoms with Crippen LogP contribution in [0.25, 0.3) is 22.2 Å². The first kappa shape index (κ1) is 14.1. The highest BCUT2D eigenvalue weighted by molar-refractivity contribution is 9.10. The molecular formula is C13H10BrF3N4. The van der Waals surface area contributed by atoms with E-state index in [4.69, 9.17) is 0 Å². The third-order valence-electron chi connectivity index (χ3n) is 3.06. The fraction of sp³-hybridized carbons (Fsp3) is 0.231. The Labute approximate surface area is 126 Å². The summed E-state index contributed by atoms with van der Waals surface area (Å²) in [6.07, 6.45) is -1.54. The fourth-order valence-corrected chi connectivity index (χ4v) is 2.57. The molecule has 2 aromatic heterocycles. The van der Waals surface area contributed by atoms with E-state index in [0.717, 1.165) is 20.1 Å². The number of hydrogen-bond donors (Lipinski definition) is 0. The van der Waals surface area contributed by atoms with Gasteiger partial charge in [-0.3, -0.25) is 9.36 Å². The number of hydrogen-bond acceptors (Lipinski definition) is 2. The number of fused-ring (bicyclic) bond motifs is 1. The van der Waals surface area contributed by atoms with E-state index in [2.05, 4.69) is 26.1 Å². The van der Waals surface area contributed by atoms with Crippen LogP contribution in [0.5, 0.6) is 0 Å². The second-order valence-corrected chi connectivity index (χ2v) is 5.59. The minimum atomic E-state index is -4.29. The third kappa shape index (κ3) is 2.80. The van der Waals surface area contributed by atoms with Crippen LogP contribution in [-0.2, 0) is 13.6 Å². The quantitative estimate of drug-likeness (QED) is 0.699. The molecule has 0 aliphatic rings. The lowest BCUT2D eigenvalue weighted by molar-refractivity contribution is -0.142. The lowest BCUT2D eigenvalue weighted by Gasteiger charge is -2.04. The van der Waals surface area contributed by atoms with Gasteiger partial charge in [0.25, 0.3) is 0 Å². The van der Waals surface area contributed by atoms with E-state index in [-0.39, 0.29) is 0 Å². The largest absolute Gasteiger partial charge is 0.408 e. The molecule has 110 valence electrons. The Hall–Kier alpha value is -1.83. The van der Waals surface area contributed by atoms with Gasteiger partial charge in [-0.15, -0.1) is 0 Å². The number of alkyl halides is 3. The molecule has 0 bridgehead atoms. The minimum absolute atomic E-state index is 0.558. The summed E-state index contributed by atoms with van der Waals surface area (Å²) in [7, 11) is 1.79. The van der Waals surface area contributed by atoms with E-state index in [1.165, 1.54) is 12.4 Å². The number of aromatic nitrogens is 4. The molecule has 0 aliphatic heterocycles. The van der Waals surface area contributed by atoms with E-state index in [0.29, 0.717) is 11.3 Å². The monoisotopic (exact) mass is 358 g/mol. The molecule has 0 atom stereocenters. The Morgan fingerprint density at radius 3 is 2.76 bits per heavy atom. The molecule has 3 aromatic rings. The SMILES string of the molecule is Cn1nc(-c2cnn(CC(F)(F)F)c2)c2cc(Br)ccc21. The Kier molecular flexibility index (Phi) is 3.27. The number of nitrogens with zero attached hydrogens (tertiary/aromatic N) is 4. The lowest BCUT2D eigenvalue weighted by atomic mass is 10.1. The maximum absolute atomic E-state index is 12.4. The number of halogens is 4. The van der Waals surface area contributed by atoms with Crippen LogP contribution >= 0.6 is 15.9 Å². The predicted molar refractivity (Wildman–Crippen MR) is 75.7 cm³/mol. The minimum Gasteiger partial charge on any atom is -0.267 e. The van der Waals surface area contributed by atoms with Crippen molar-refractivity contribution in [2.45, 2.75) is 12.7 Å². The van der Waals surface area contributed by atoms with Crippen molar-refractivity contribution in [2.24, 2.45) is 7.05 Å². The van der Waals surface area contributed by atoms with Crippen LogP contribution in [0, 0.1) is 0 Å². The van der Waals surface area contributed by atoms with Gasteiger partial charge >= 0.3 is 6.18 Å². The summed E-state index contributed by atoms with van der Waals surface area (Å²) in [4.78, 5) is 0. The highest BCUT2D eigenvalue weighted by Gasteiger charge is 2.28. The van der Waals surface area contributed by atoms with Gasteiger partial charge in [-0.25, -0.2) is 0 Å². The van der Waals surface area contributed by atoms with Crippen LogP contribution < -0.4 is 0 Å². The smallest absolute Gasteiger partial charge is 0.267 e. The molecule has 0 N–H and O–H groups in total. The first-order chi connectivity index (χ1) is 9.83. The summed E-state index contributed by atoms with van der Waals surface area (Å²) in [5.74, 6) is 0. The molecule has 3 rings (SSSR count). The van der Waals surface area contributed by atoms with Crippen molar-refractivity contribution in [3.8, 4) is 11.3 Å². The Morgan fingerprint density at radius 2 is 2.05 bits per heavy atom. The zero-order valence-electron chi connectivity index (χ0n) is 10.9. The molecule has 0 aliphatic carbocycles. The van der Waals surface area contributed by atoms with Crippen LogP contribution in [-0.4, -0.2) is 25.7 Å². The van der Waals surface area contributed by atoms with Crippen molar-refractivity contribution in [1.29, 1.82) is 0 Å². The molecule has 0 unspecified atom stereocenters. The summed E-state index contributed by atoms with van der Waals surface area (Å²) < 4.78 is 40.6. The van der Waals surface area contributed by atoms with Gasteiger partial charge in [0.1, 0.15) is 12.2 Å². The van der Waals surface area contributed by atoms with Crippen LogP contribution in [0.3, 0.4) is 0 Å². The zero-order valence-corrected chi connectivity index (χ0v) is 12.5. The molecule has 0 amide bonds. The summed E-state index contributed by atoms with van der Waals surface area (Å²) in [5, 5.41) is 8.98. The molecule has 21 heavy (non-hydrogen) atoms. The lowest BCUT2D eigenvalue weighted by Crippen LogP contribution is -2.17. The van der Waals surface area contributed by atoms with Crippen molar-refractivity contribution in [3.63, 3.8) is 0 Å². The van der Waals surface area contributed by atoms with Gasteiger partial charge < -0.3 is 0 Å². The maximum Gasteiger partial charge on any atom is 0.408 e. The van der Waals surface area contributed by atoms with Gasteiger partial charge in [0, 0.05) is 28.7 Å². The molecule has 0 saturated carbocycles.